The molecule has 0 saturated heterocycles. The van der Waals surface area contributed by atoms with E-state index in [1.54, 1.807) is 5.56 Å². The van der Waals surface area contributed by atoms with E-state index in [1.165, 1.54) is 40.6 Å². The fourth-order valence-corrected chi connectivity index (χ4v) is 5.45. The van der Waals surface area contributed by atoms with Gasteiger partial charge >= 0.3 is 0 Å². The summed E-state index contributed by atoms with van der Waals surface area (Å²) < 4.78 is 1.42. The molecule has 0 radical (unpaired) electrons. The van der Waals surface area contributed by atoms with Gasteiger partial charge in [0, 0.05) is 11.1 Å². The molecule has 1 heterocycles. The van der Waals surface area contributed by atoms with Crippen molar-refractivity contribution >= 4 is 21.4 Å². The van der Waals surface area contributed by atoms with Crippen LogP contribution in [-0.2, 0) is 0 Å². The largest absolute Gasteiger partial charge is 0.127 e. The predicted molar refractivity (Wildman–Crippen MR) is 91.8 cm³/mol. The lowest BCUT2D eigenvalue weighted by molar-refractivity contribution is 0.364. The van der Waals surface area contributed by atoms with Crippen LogP contribution in [-0.4, -0.2) is 0 Å². The number of thiophene rings is 1. The zero-order chi connectivity index (χ0) is 14.4. The average molecular weight is 294 g/mol. The minimum atomic E-state index is 0.605. The number of benzene rings is 1. The third kappa shape index (κ3) is 2.12. The first kappa shape index (κ1) is 13.4. The van der Waals surface area contributed by atoms with Crippen molar-refractivity contribution < 1.29 is 0 Å². The van der Waals surface area contributed by atoms with Crippen molar-refractivity contribution in [2.45, 2.75) is 51.9 Å². The summed E-state index contributed by atoms with van der Waals surface area (Å²) in [4.78, 5) is 1.21. The molecule has 2 fully saturated rings. The molecule has 0 nitrogen and oxygen atoms in total. The smallest absolute Gasteiger partial charge is 0.0781 e. The van der Waals surface area contributed by atoms with E-state index in [4.69, 9.17) is 0 Å². The highest BCUT2D eigenvalue weighted by Gasteiger charge is 2.61. The summed E-state index contributed by atoms with van der Waals surface area (Å²) in [5.41, 5.74) is 2.18. The number of hydrogen-bond acceptors (Lipinski definition) is 1. The molecule has 2 aromatic rings. The maximum atomic E-state index is 3.27. The van der Waals surface area contributed by atoms with E-state index in [0.29, 0.717) is 5.41 Å². The number of hydrogen-bond donors (Lipinski definition) is 0. The minimum Gasteiger partial charge on any atom is -0.127 e. The van der Waals surface area contributed by atoms with Crippen LogP contribution >= 0.6 is 11.3 Å². The van der Waals surface area contributed by atoms with Crippen LogP contribution < -0.4 is 0 Å². The summed E-state index contributed by atoms with van der Waals surface area (Å²) in [6, 6.07) is 9.38. The molecule has 1 heteroatoms. The van der Waals surface area contributed by atoms with Crippen molar-refractivity contribution in [1.82, 2.24) is 0 Å². The van der Waals surface area contributed by atoms with Gasteiger partial charge in [-0.3, -0.25) is 0 Å². The van der Waals surface area contributed by atoms with Crippen molar-refractivity contribution in [3.05, 3.63) is 34.7 Å². The first-order chi connectivity index (χ1) is 10.2. The molecule has 0 spiro atoms. The van der Waals surface area contributed by atoms with Crippen LogP contribution in [0.5, 0.6) is 0 Å². The lowest BCUT2D eigenvalue weighted by Crippen LogP contribution is -2.04. The average Bonchev–Trinajstić information content (AvgIpc) is 2.92. The second kappa shape index (κ2) is 4.89. The molecular formula is C20H22S. The quantitative estimate of drug-likeness (QED) is 0.569. The fourth-order valence-electron chi connectivity index (χ4n) is 4.46. The summed E-state index contributed by atoms with van der Waals surface area (Å²) in [5, 5.41) is 1.36. The van der Waals surface area contributed by atoms with Gasteiger partial charge < -0.3 is 0 Å². The van der Waals surface area contributed by atoms with Crippen molar-refractivity contribution in [1.29, 1.82) is 0 Å². The van der Waals surface area contributed by atoms with Crippen molar-refractivity contribution in [3.8, 4) is 11.8 Å². The zero-order valence-corrected chi connectivity index (χ0v) is 13.7. The Morgan fingerprint density at radius 2 is 2.19 bits per heavy atom. The van der Waals surface area contributed by atoms with Gasteiger partial charge in [0.1, 0.15) is 0 Å². The highest BCUT2D eigenvalue weighted by molar-refractivity contribution is 7.19. The van der Waals surface area contributed by atoms with E-state index in [2.05, 4.69) is 50.0 Å². The molecule has 4 rings (SSSR count). The molecular weight excluding hydrogens is 272 g/mol. The Hall–Kier alpha value is -1.26. The molecule has 108 valence electrons. The highest BCUT2D eigenvalue weighted by Crippen LogP contribution is 2.71. The first-order valence-corrected chi connectivity index (χ1v) is 9.06. The standard InChI is InChI=1S/C20H22S/c1-3-4-7-16-12-14-9-10-15(13-18(14)21-16)19-17-8-5-6-11-20(17,19)2/h9-10,12-13,17,19H,3,5-6,8,11H2,1-2H3/t17-,19?,20-/m1/s1. The monoisotopic (exact) mass is 294 g/mol. The maximum absolute atomic E-state index is 3.27. The topological polar surface area (TPSA) is 0 Å². The van der Waals surface area contributed by atoms with Crippen LogP contribution in [0.3, 0.4) is 0 Å². The van der Waals surface area contributed by atoms with Gasteiger partial charge in [-0.2, -0.15) is 0 Å². The maximum Gasteiger partial charge on any atom is 0.0781 e. The fraction of sp³-hybridized carbons (Fsp3) is 0.500. The molecule has 0 aliphatic heterocycles. The van der Waals surface area contributed by atoms with Crippen LogP contribution in [0.15, 0.2) is 24.3 Å². The Balaban J connectivity index is 1.68. The third-order valence-electron chi connectivity index (χ3n) is 5.62. The van der Waals surface area contributed by atoms with Gasteiger partial charge in [0.15, 0.2) is 0 Å². The zero-order valence-electron chi connectivity index (χ0n) is 12.9. The Kier molecular flexibility index (Phi) is 3.12. The highest BCUT2D eigenvalue weighted by atomic mass is 32.1. The van der Waals surface area contributed by atoms with Gasteiger partial charge in [0.2, 0.25) is 0 Å². The lowest BCUT2D eigenvalue weighted by Gasteiger charge is -2.16. The van der Waals surface area contributed by atoms with Gasteiger partial charge in [0.25, 0.3) is 0 Å². The molecule has 2 aliphatic rings. The Morgan fingerprint density at radius 3 is 2.95 bits per heavy atom. The van der Waals surface area contributed by atoms with E-state index in [0.717, 1.165) is 18.3 Å². The summed E-state index contributed by atoms with van der Waals surface area (Å²) in [6.07, 6.45) is 6.67. The molecule has 2 saturated carbocycles. The molecule has 0 amide bonds. The van der Waals surface area contributed by atoms with Crippen LogP contribution in [0, 0.1) is 23.2 Å². The SMILES string of the molecule is CCC#Cc1cc2ccc(C3[C@H]4CCCC[C@@]34C)cc2s1. The molecule has 0 N–H and O–H groups in total. The van der Waals surface area contributed by atoms with Crippen LogP contribution in [0.1, 0.15) is 62.3 Å². The summed E-state index contributed by atoms with van der Waals surface area (Å²) in [6.45, 7) is 4.62. The van der Waals surface area contributed by atoms with Crippen LogP contribution in [0.25, 0.3) is 10.1 Å². The minimum absolute atomic E-state index is 0.605. The molecule has 3 atom stereocenters. The molecule has 1 aromatic carbocycles. The van der Waals surface area contributed by atoms with E-state index in [-0.39, 0.29) is 0 Å². The molecule has 0 bridgehead atoms. The first-order valence-electron chi connectivity index (χ1n) is 8.25. The number of rotatable bonds is 1. The predicted octanol–water partition coefficient (Wildman–Crippen LogP) is 5.96. The summed E-state index contributed by atoms with van der Waals surface area (Å²) in [5.74, 6) is 8.22. The summed E-state index contributed by atoms with van der Waals surface area (Å²) >= 11 is 1.86. The second-order valence-corrected chi connectivity index (χ2v) is 7.98. The van der Waals surface area contributed by atoms with Gasteiger partial charge in [-0.05, 0) is 53.2 Å². The Labute approximate surface area is 131 Å². The number of fused-ring (bicyclic) bond motifs is 2. The van der Waals surface area contributed by atoms with Gasteiger partial charge in [-0.15, -0.1) is 11.3 Å². The van der Waals surface area contributed by atoms with E-state index >= 15 is 0 Å². The van der Waals surface area contributed by atoms with Crippen molar-refractivity contribution in [2.24, 2.45) is 11.3 Å². The van der Waals surface area contributed by atoms with Crippen molar-refractivity contribution in [2.75, 3.05) is 0 Å². The second-order valence-electron chi connectivity index (χ2n) is 6.90. The van der Waals surface area contributed by atoms with Crippen LogP contribution in [0.4, 0.5) is 0 Å². The summed E-state index contributed by atoms with van der Waals surface area (Å²) in [7, 11) is 0. The third-order valence-corrected chi connectivity index (χ3v) is 6.64. The van der Waals surface area contributed by atoms with E-state index in [1.807, 2.05) is 11.3 Å². The van der Waals surface area contributed by atoms with Gasteiger partial charge in [0.05, 0.1) is 4.88 Å². The Morgan fingerprint density at radius 1 is 1.29 bits per heavy atom. The van der Waals surface area contributed by atoms with Gasteiger partial charge in [-0.25, -0.2) is 0 Å². The Bertz CT molecular complexity index is 742. The van der Waals surface area contributed by atoms with Gasteiger partial charge in [-0.1, -0.05) is 50.7 Å². The van der Waals surface area contributed by atoms with E-state index < -0.39 is 0 Å². The molecule has 1 unspecified atom stereocenters. The molecule has 1 aromatic heterocycles. The molecule has 2 aliphatic carbocycles. The molecule has 21 heavy (non-hydrogen) atoms. The normalized spacial score (nSPS) is 30.6. The van der Waals surface area contributed by atoms with Crippen LogP contribution in [0.2, 0.25) is 0 Å². The van der Waals surface area contributed by atoms with E-state index in [9.17, 15) is 0 Å². The lowest BCUT2D eigenvalue weighted by atomic mass is 9.89. The van der Waals surface area contributed by atoms with Crippen molar-refractivity contribution in [3.63, 3.8) is 0 Å².